The molecule has 176 valence electrons. The summed E-state index contributed by atoms with van der Waals surface area (Å²) < 4.78 is 24.0. The van der Waals surface area contributed by atoms with E-state index >= 15 is 0 Å². The van der Waals surface area contributed by atoms with Gasteiger partial charge in [0.25, 0.3) is 0 Å². The number of carbonyl (C=O) groups is 2. The summed E-state index contributed by atoms with van der Waals surface area (Å²) in [5.74, 6) is -0.866. The lowest BCUT2D eigenvalue weighted by Gasteiger charge is -2.42. The molecule has 7 heteroatoms. The van der Waals surface area contributed by atoms with Gasteiger partial charge in [0.05, 0.1) is 31.0 Å². The number of methoxy groups -OCH3 is 1. The summed E-state index contributed by atoms with van der Waals surface area (Å²) in [6.45, 7) is 10.9. The van der Waals surface area contributed by atoms with Gasteiger partial charge >= 0.3 is 5.97 Å². The number of allylic oxidation sites excluding steroid dienone is 1. The van der Waals surface area contributed by atoms with Crippen LogP contribution >= 0.6 is 0 Å². The second-order valence-electron chi connectivity index (χ2n) is 10.1. The summed E-state index contributed by atoms with van der Waals surface area (Å²) in [6, 6.07) is 0. The SMILES string of the molecule is CNC(=O)C(CC(=O)O[C@@H]1CCC2(CO2)[C@@H]([C@@]2(C)O[C@@H]2CC=C(C)C)[C@@H]1OC)C(C)C. The van der Waals surface area contributed by atoms with Crippen LogP contribution in [-0.4, -0.2) is 62.2 Å². The number of epoxide rings is 2. The van der Waals surface area contributed by atoms with Gasteiger partial charge in [0.15, 0.2) is 0 Å². The summed E-state index contributed by atoms with van der Waals surface area (Å²) in [6.07, 6.45) is 4.04. The predicted molar refractivity (Wildman–Crippen MR) is 116 cm³/mol. The molecule has 2 unspecified atom stereocenters. The van der Waals surface area contributed by atoms with E-state index in [2.05, 4.69) is 32.2 Å². The van der Waals surface area contributed by atoms with Crippen LogP contribution in [0.1, 0.15) is 60.3 Å². The molecule has 0 aromatic carbocycles. The fourth-order valence-corrected chi connectivity index (χ4v) is 5.28. The van der Waals surface area contributed by atoms with Crippen molar-refractivity contribution in [1.82, 2.24) is 5.32 Å². The zero-order valence-electron chi connectivity index (χ0n) is 20.0. The van der Waals surface area contributed by atoms with Gasteiger partial charge in [0, 0.05) is 14.2 Å². The average Bonchev–Trinajstić information content (AvgIpc) is 3.62. The van der Waals surface area contributed by atoms with Crippen molar-refractivity contribution in [3.8, 4) is 0 Å². The monoisotopic (exact) mass is 437 g/mol. The fourth-order valence-electron chi connectivity index (χ4n) is 5.28. The Balaban J connectivity index is 1.71. The number of carbonyl (C=O) groups excluding carboxylic acids is 2. The second-order valence-corrected chi connectivity index (χ2v) is 10.1. The van der Waals surface area contributed by atoms with Gasteiger partial charge in [-0.15, -0.1) is 0 Å². The highest BCUT2D eigenvalue weighted by Crippen LogP contribution is 2.59. The average molecular weight is 438 g/mol. The van der Waals surface area contributed by atoms with Crippen molar-refractivity contribution in [2.24, 2.45) is 17.8 Å². The zero-order valence-corrected chi connectivity index (χ0v) is 20.0. The van der Waals surface area contributed by atoms with Crippen molar-refractivity contribution in [2.45, 2.75) is 89.8 Å². The summed E-state index contributed by atoms with van der Waals surface area (Å²) in [5, 5.41) is 2.65. The van der Waals surface area contributed by atoms with Gasteiger partial charge < -0.3 is 24.3 Å². The number of hydrogen-bond acceptors (Lipinski definition) is 6. The Morgan fingerprint density at radius 3 is 2.48 bits per heavy atom. The molecule has 1 spiro atoms. The molecule has 7 nitrogen and oxygen atoms in total. The van der Waals surface area contributed by atoms with Crippen LogP contribution in [0.2, 0.25) is 0 Å². The zero-order chi connectivity index (χ0) is 23.0. The minimum Gasteiger partial charge on any atom is -0.460 e. The largest absolute Gasteiger partial charge is 0.460 e. The fraction of sp³-hybridized carbons (Fsp3) is 0.833. The van der Waals surface area contributed by atoms with E-state index in [0.29, 0.717) is 13.0 Å². The summed E-state index contributed by atoms with van der Waals surface area (Å²) in [4.78, 5) is 24.9. The number of amides is 1. The minimum atomic E-state index is -0.409. The smallest absolute Gasteiger partial charge is 0.306 e. The molecule has 31 heavy (non-hydrogen) atoms. The molecule has 0 radical (unpaired) electrons. The van der Waals surface area contributed by atoms with Crippen LogP contribution in [0.15, 0.2) is 11.6 Å². The van der Waals surface area contributed by atoms with E-state index in [0.717, 1.165) is 12.8 Å². The molecule has 3 fully saturated rings. The maximum atomic E-state index is 12.8. The number of hydrogen-bond donors (Lipinski definition) is 1. The van der Waals surface area contributed by atoms with Gasteiger partial charge in [-0.05, 0) is 46.0 Å². The van der Waals surface area contributed by atoms with Crippen molar-refractivity contribution in [1.29, 1.82) is 0 Å². The highest BCUT2D eigenvalue weighted by molar-refractivity contribution is 5.83. The van der Waals surface area contributed by atoms with Gasteiger partial charge in [0.2, 0.25) is 5.91 Å². The molecule has 2 heterocycles. The first-order chi connectivity index (χ1) is 14.6. The maximum absolute atomic E-state index is 12.8. The van der Waals surface area contributed by atoms with Crippen molar-refractivity contribution >= 4 is 11.9 Å². The summed E-state index contributed by atoms with van der Waals surface area (Å²) in [7, 11) is 3.25. The Hall–Kier alpha value is -1.44. The first kappa shape index (κ1) is 24.2. The molecule has 3 rings (SSSR count). The number of nitrogens with one attached hydrogen (secondary N) is 1. The molecule has 0 bridgehead atoms. The van der Waals surface area contributed by atoms with Gasteiger partial charge in [-0.25, -0.2) is 0 Å². The van der Waals surface area contributed by atoms with E-state index in [9.17, 15) is 9.59 Å². The normalized spacial score (nSPS) is 37.3. The van der Waals surface area contributed by atoms with E-state index in [1.807, 2.05) is 13.8 Å². The molecular formula is C24H39NO6. The van der Waals surface area contributed by atoms with Crippen LogP contribution in [0, 0.1) is 17.8 Å². The van der Waals surface area contributed by atoms with Gasteiger partial charge in [-0.1, -0.05) is 25.5 Å². The molecule has 0 aromatic rings. The van der Waals surface area contributed by atoms with Crippen LogP contribution in [-0.2, 0) is 28.5 Å². The van der Waals surface area contributed by atoms with Crippen LogP contribution < -0.4 is 5.32 Å². The van der Waals surface area contributed by atoms with Crippen LogP contribution in [0.4, 0.5) is 0 Å². The highest BCUT2D eigenvalue weighted by atomic mass is 16.6. The highest BCUT2D eigenvalue weighted by Gasteiger charge is 2.72. The first-order valence-corrected chi connectivity index (χ1v) is 11.5. The van der Waals surface area contributed by atoms with E-state index in [1.165, 1.54) is 5.57 Å². The predicted octanol–water partition coefficient (Wildman–Crippen LogP) is 3.01. The van der Waals surface area contributed by atoms with E-state index in [1.54, 1.807) is 14.2 Å². The van der Waals surface area contributed by atoms with Crippen LogP contribution in [0.3, 0.4) is 0 Å². The standard InChI is InChI=1S/C24H39NO6/c1-14(2)8-9-18-23(5,31-18)21-20(28-7)17(10-11-24(21)13-29-24)30-19(26)12-16(15(3)4)22(27)25-6/h8,15-18,20-21H,9-13H2,1-7H3,(H,25,27)/t16?,17-,18-,20-,21-,23+,24?/m1/s1. The topological polar surface area (TPSA) is 89.7 Å². The quantitative estimate of drug-likeness (QED) is 0.339. The van der Waals surface area contributed by atoms with E-state index in [-0.39, 0.29) is 59.6 Å². The number of esters is 1. The lowest BCUT2D eigenvalue weighted by atomic mass is 9.68. The third kappa shape index (κ3) is 4.99. The number of rotatable bonds is 9. The van der Waals surface area contributed by atoms with E-state index < -0.39 is 5.92 Å². The van der Waals surface area contributed by atoms with Crippen LogP contribution in [0.25, 0.3) is 0 Å². The lowest BCUT2D eigenvalue weighted by Crippen LogP contribution is -2.55. The molecule has 2 aliphatic heterocycles. The van der Waals surface area contributed by atoms with Gasteiger partial charge in [-0.3, -0.25) is 9.59 Å². The molecule has 1 amide bonds. The Bertz CT molecular complexity index is 711. The Labute approximate surface area is 186 Å². The molecule has 7 atom stereocenters. The number of ether oxygens (including phenoxy) is 4. The van der Waals surface area contributed by atoms with E-state index in [4.69, 9.17) is 18.9 Å². The lowest BCUT2D eigenvalue weighted by molar-refractivity contribution is -0.173. The van der Waals surface area contributed by atoms with Gasteiger partial charge in [-0.2, -0.15) is 0 Å². The maximum Gasteiger partial charge on any atom is 0.306 e. The third-order valence-electron chi connectivity index (χ3n) is 7.29. The first-order valence-electron chi connectivity index (χ1n) is 11.5. The van der Waals surface area contributed by atoms with Crippen molar-refractivity contribution in [3.05, 3.63) is 11.6 Å². The Morgan fingerprint density at radius 2 is 1.97 bits per heavy atom. The van der Waals surface area contributed by atoms with Crippen molar-refractivity contribution < 1.29 is 28.5 Å². The second kappa shape index (κ2) is 9.20. The van der Waals surface area contributed by atoms with Crippen molar-refractivity contribution in [2.75, 3.05) is 20.8 Å². The molecule has 1 saturated carbocycles. The third-order valence-corrected chi connectivity index (χ3v) is 7.29. The molecule has 1 N–H and O–H groups in total. The molecule has 3 aliphatic rings. The molecule has 2 saturated heterocycles. The molecule has 0 aromatic heterocycles. The summed E-state index contributed by atoms with van der Waals surface area (Å²) >= 11 is 0. The Morgan fingerprint density at radius 1 is 1.29 bits per heavy atom. The van der Waals surface area contributed by atoms with Crippen molar-refractivity contribution in [3.63, 3.8) is 0 Å². The minimum absolute atomic E-state index is 0.00746. The summed E-state index contributed by atoms with van der Waals surface area (Å²) in [5.41, 5.74) is 0.655. The van der Waals surface area contributed by atoms with Crippen LogP contribution in [0.5, 0.6) is 0 Å². The molecule has 1 aliphatic carbocycles. The molecular weight excluding hydrogens is 398 g/mol. The Kier molecular flexibility index (Phi) is 7.18. The van der Waals surface area contributed by atoms with Gasteiger partial charge in [0.1, 0.15) is 23.4 Å².